The van der Waals surface area contributed by atoms with Crippen molar-refractivity contribution >= 4 is 22.4 Å². The van der Waals surface area contributed by atoms with E-state index in [4.69, 9.17) is 4.74 Å². The SMILES string of the molecule is CNc1snc(C)c1C(=O)NCCCO[C@H](C)c1ccccc1. The van der Waals surface area contributed by atoms with E-state index in [1.807, 2.05) is 32.0 Å². The molecule has 0 spiro atoms. The van der Waals surface area contributed by atoms with Gasteiger partial charge >= 0.3 is 0 Å². The van der Waals surface area contributed by atoms with Gasteiger partial charge in [0, 0.05) is 20.2 Å². The van der Waals surface area contributed by atoms with Gasteiger partial charge in [0.25, 0.3) is 5.91 Å². The predicted octanol–water partition coefficient (Wildman–Crippen LogP) is 3.39. The number of amides is 1. The maximum Gasteiger partial charge on any atom is 0.256 e. The minimum Gasteiger partial charge on any atom is -0.378 e. The number of hydrogen-bond acceptors (Lipinski definition) is 5. The first-order chi connectivity index (χ1) is 11.1. The van der Waals surface area contributed by atoms with Gasteiger partial charge in [0.1, 0.15) is 5.00 Å². The van der Waals surface area contributed by atoms with Crippen LogP contribution in [-0.2, 0) is 4.74 Å². The third-order valence-corrected chi connectivity index (χ3v) is 4.52. The first kappa shape index (κ1) is 17.4. The largest absolute Gasteiger partial charge is 0.378 e. The minimum atomic E-state index is -0.0864. The summed E-state index contributed by atoms with van der Waals surface area (Å²) in [6.45, 7) is 5.07. The molecule has 1 heterocycles. The lowest BCUT2D eigenvalue weighted by molar-refractivity contribution is 0.0635. The van der Waals surface area contributed by atoms with Crippen LogP contribution >= 0.6 is 11.5 Å². The second-order valence-electron chi connectivity index (χ2n) is 5.26. The Morgan fingerprint density at radius 2 is 2.09 bits per heavy atom. The molecule has 0 fully saturated rings. The lowest BCUT2D eigenvalue weighted by Crippen LogP contribution is -2.26. The van der Waals surface area contributed by atoms with Crippen LogP contribution in [0.5, 0.6) is 0 Å². The van der Waals surface area contributed by atoms with Crippen LogP contribution in [0, 0.1) is 6.92 Å². The highest BCUT2D eigenvalue weighted by Gasteiger charge is 2.16. The Morgan fingerprint density at radius 1 is 1.35 bits per heavy atom. The van der Waals surface area contributed by atoms with Gasteiger partial charge in [-0.2, -0.15) is 4.37 Å². The fourth-order valence-electron chi connectivity index (χ4n) is 2.25. The molecule has 1 atom stereocenters. The Labute approximate surface area is 141 Å². The van der Waals surface area contributed by atoms with Crippen molar-refractivity contribution in [2.24, 2.45) is 0 Å². The van der Waals surface area contributed by atoms with Gasteiger partial charge in [-0.3, -0.25) is 4.79 Å². The van der Waals surface area contributed by atoms with Crippen LogP contribution in [0.15, 0.2) is 30.3 Å². The number of anilines is 1. The molecule has 0 bridgehead atoms. The van der Waals surface area contributed by atoms with Gasteiger partial charge in [-0.25, -0.2) is 0 Å². The summed E-state index contributed by atoms with van der Waals surface area (Å²) in [5, 5.41) is 6.72. The molecule has 0 aliphatic carbocycles. The molecule has 1 aromatic carbocycles. The van der Waals surface area contributed by atoms with Gasteiger partial charge in [0.2, 0.25) is 0 Å². The van der Waals surface area contributed by atoms with Crippen molar-refractivity contribution in [3.63, 3.8) is 0 Å². The number of benzene rings is 1. The number of rotatable bonds is 8. The smallest absolute Gasteiger partial charge is 0.256 e. The molecule has 0 aliphatic rings. The summed E-state index contributed by atoms with van der Waals surface area (Å²) in [6.07, 6.45) is 0.833. The molecule has 2 aromatic rings. The fourth-order valence-corrected chi connectivity index (χ4v) is 2.99. The zero-order valence-corrected chi connectivity index (χ0v) is 14.6. The minimum absolute atomic E-state index is 0.0612. The van der Waals surface area contributed by atoms with E-state index in [0.29, 0.717) is 18.7 Å². The molecule has 0 saturated heterocycles. The molecule has 0 saturated carbocycles. The number of aryl methyl sites for hydroxylation is 1. The van der Waals surface area contributed by atoms with E-state index in [-0.39, 0.29) is 12.0 Å². The lowest BCUT2D eigenvalue weighted by Gasteiger charge is -2.13. The summed E-state index contributed by atoms with van der Waals surface area (Å²) in [7, 11) is 1.79. The van der Waals surface area contributed by atoms with E-state index in [2.05, 4.69) is 27.1 Å². The Balaban J connectivity index is 1.71. The Morgan fingerprint density at radius 3 is 2.78 bits per heavy atom. The summed E-state index contributed by atoms with van der Waals surface area (Å²) in [4.78, 5) is 12.2. The van der Waals surface area contributed by atoms with Crippen LogP contribution in [0.2, 0.25) is 0 Å². The average molecular weight is 333 g/mol. The Kier molecular flexibility index (Phi) is 6.55. The van der Waals surface area contributed by atoms with Crippen molar-refractivity contribution in [2.45, 2.75) is 26.4 Å². The highest BCUT2D eigenvalue weighted by atomic mass is 32.1. The number of nitrogens with one attached hydrogen (secondary N) is 2. The lowest BCUT2D eigenvalue weighted by atomic mass is 10.1. The van der Waals surface area contributed by atoms with Crippen LogP contribution in [0.4, 0.5) is 5.00 Å². The van der Waals surface area contributed by atoms with E-state index in [1.54, 1.807) is 7.05 Å². The van der Waals surface area contributed by atoms with Crippen LogP contribution in [0.3, 0.4) is 0 Å². The van der Waals surface area contributed by atoms with Gasteiger partial charge in [0.05, 0.1) is 17.4 Å². The third-order valence-electron chi connectivity index (χ3n) is 3.56. The standard InChI is InChI=1S/C17H23N3O2S/c1-12-15(17(18-3)23-20-12)16(21)19-10-7-11-22-13(2)14-8-5-4-6-9-14/h4-6,8-9,13,18H,7,10-11H2,1-3H3,(H,19,21)/t13-/m1/s1. The molecule has 1 amide bonds. The quantitative estimate of drug-likeness (QED) is 0.727. The highest BCUT2D eigenvalue weighted by molar-refractivity contribution is 7.10. The van der Waals surface area contributed by atoms with Crippen molar-refractivity contribution in [1.82, 2.24) is 9.69 Å². The maximum absolute atomic E-state index is 12.2. The molecule has 0 radical (unpaired) electrons. The predicted molar refractivity (Wildman–Crippen MR) is 94.2 cm³/mol. The summed E-state index contributed by atoms with van der Waals surface area (Å²) < 4.78 is 10.00. The highest BCUT2D eigenvalue weighted by Crippen LogP contribution is 2.23. The molecule has 2 N–H and O–H groups in total. The number of nitrogens with zero attached hydrogens (tertiary/aromatic N) is 1. The first-order valence-electron chi connectivity index (χ1n) is 7.72. The molecule has 1 aromatic heterocycles. The van der Waals surface area contributed by atoms with Crippen LogP contribution in [0.25, 0.3) is 0 Å². The van der Waals surface area contributed by atoms with Gasteiger partial charge in [-0.05, 0) is 37.4 Å². The molecule has 0 unspecified atom stereocenters. The van der Waals surface area contributed by atoms with Crippen molar-refractivity contribution in [2.75, 3.05) is 25.5 Å². The molecule has 23 heavy (non-hydrogen) atoms. The van der Waals surface area contributed by atoms with E-state index in [1.165, 1.54) is 11.5 Å². The second kappa shape index (κ2) is 8.64. The number of ether oxygens (including phenoxy) is 1. The van der Waals surface area contributed by atoms with Crippen molar-refractivity contribution in [1.29, 1.82) is 0 Å². The van der Waals surface area contributed by atoms with E-state index >= 15 is 0 Å². The number of hydrogen-bond donors (Lipinski definition) is 2. The van der Waals surface area contributed by atoms with Crippen molar-refractivity contribution < 1.29 is 9.53 Å². The molecular weight excluding hydrogens is 310 g/mol. The van der Waals surface area contributed by atoms with Gasteiger partial charge in [-0.1, -0.05) is 30.3 Å². The first-order valence-corrected chi connectivity index (χ1v) is 8.49. The molecule has 0 aliphatic heterocycles. The van der Waals surface area contributed by atoms with E-state index in [9.17, 15) is 4.79 Å². The number of carbonyl (C=O) groups is 1. The van der Waals surface area contributed by atoms with Crippen LogP contribution < -0.4 is 10.6 Å². The molecule has 5 nitrogen and oxygen atoms in total. The summed E-state index contributed by atoms with van der Waals surface area (Å²) >= 11 is 1.30. The van der Waals surface area contributed by atoms with Gasteiger partial charge in [0.15, 0.2) is 0 Å². The molecule has 6 heteroatoms. The molecule has 124 valence electrons. The maximum atomic E-state index is 12.2. The summed E-state index contributed by atoms with van der Waals surface area (Å²) in [5.74, 6) is -0.0864. The van der Waals surface area contributed by atoms with Crippen molar-refractivity contribution in [3.05, 3.63) is 47.2 Å². The second-order valence-corrected chi connectivity index (χ2v) is 6.03. The zero-order valence-electron chi connectivity index (χ0n) is 13.8. The normalized spacial score (nSPS) is 12.0. The Bertz CT molecular complexity index is 628. The van der Waals surface area contributed by atoms with E-state index < -0.39 is 0 Å². The number of carbonyl (C=O) groups excluding carboxylic acids is 1. The fraction of sp³-hybridized carbons (Fsp3) is 0.412. The zero-order chi connectivity index (χ0) is 16.7. The van der Waals surface area contributed by atoms with Crippen molar-refractivity contribution in [3.8, 4) is 0 Å². The Hall–Kier alpha value is -1.92. The summed E-state index contributed by atoms with van der Waals surface area (Å²) in [5.41, 5.74) is 2.55. The average Bonchev–Trinajstić information content (AvgIpc) is 2.95. The number of aromatic nitrogens is 1. The topological polar surface area (TPSA) is 63.2 Å². The van der Waals surface area contributed by atoms with E-state index in [0.717, 1.165) is 22.7 Å². The van der Waals surface area contributed by atoms with Gasteiger partial charge < -0.3 is 15.4 Å². The van der Waals surface area contributed by atoms with Crippen LogP contribution in [0.1, 0.15) is 41.1 Å². The monoisotopic (exact) mass is 333 g/mol. The summed E-state index contributed by atoms with van der Waals surface area (Å²) in [6, 6.07) is 10.1. The van der Waals surface area contributed by atoms with Gasteiger partial charge in [-0.15, -0.1) is 0 Å². The van der Waals surface area contributed by atoms with Crippen LogP contribution in [-0.4, -0.2) is 30.5 Å². The third kappa shape index (κ3) is 4.77. The molecule has 2 rings (SSSR count). The molecular formula is C17H23N3O2S.